The number of anilines is 1. The minimum absolute atomic E-state index is 0.0400. The number of imidazole rings is 1. The molecule has 0 fully saturated rings. The fourth-order valence-electron chi connectivity index (χ4n) is 2.72. The minimum Gasteiger partial charge on any atom is -0.485 e. The number of pyridine rings is 1. The summed E-state index contributed by atoms with van der Waals surface area (Å²) >= 11 is 6.02. The molecule has 0 aliphatic heterocycles. The second-order valence-corrected chi connectivity index (χ2v) is 6.23. The lowest BCUT2D eigenvalue weighted by atomic mass is 10.2. The summed E-state index contributed by atoms with van der Waals surface area (Å²) in [6.07, 6.45) is 2.62. The molecule has 0 bridgehead atoms. The maximum Gasteiger partial charge on any atom is 0.224 e. The first-order valence-electron chi connectivity index (χ1n) is 8.12. The van der Waals surface area contributed by atoms with E-state index in [-0.39, 0.29) is 5.91 Å². The molecule has 0 saturated carbocycles. The van der Waals surface area contributed by atoms with Crippen LogP contribution in [0.4, 0.5) is 5.82 Å². The Bertz CT molecular complexity index is 920. The number of rotatable bonds is 5. The first-order chi connectivity index (χ1) is 12.0. The average Bonchev–Trinajstić information content (AvgIpc) is 2.98. The van der Waals surface area contributed by atoms with Crippen LogP contribution >= 0.6 is 11.6 Å². The minimum atomic E-state index is -0.0400. The third-order valence-corrected chi connectivity index (χ3v) is 4.30. The van der Waals surface area contributed by atoms with Crippen LogP contribution in [0.15, 0.2) is 42.6 Å². The van der Waals surface area contributed by atoms with Crippen LogP contribution in [0.25, 0.3) is 5.65 Å². The maximum atomic E-state index is 11.8. The summed E-state index contributed by atoms with van der Waals surface area (Å²) in [6, 6.07) is 11.3. The molecule has 1 aromatic carbocycles. The van der Waals surface area contributed by atoms with Crippen LogP contribution in [-0.4, -0.2) is 22.3 Å². The number of aryl methyl sites for hydroxylation is 1. The zero-order valence-corrected chi connectivity index (χ0v) is 15.2. The molecule has 130 valence electrons. The van der Waals surface area contributed by atoms with Gasteiger partial charge in [-0.1, -0.05) is 30.7 Å². The number of aromatic nitrogens is 2. The lowest BCUT2D eigenvalue weighted by Crippen LogP contribution is -2.25. The highest BCUT2D eigenvalue weighted by atomic mass is 35.5. The van der Waals surface area contributed by atoms with Crippen LogP contribution in [0.1, 0.15) is 25.1 Å². The van der Waals surface area contributed by atoms with Crippen LogP contribution in [-0.2, 0) is 17.8 Å². The summed E-state index contributed by atoms with van der Waals surface area (Å²) in [6.45, 7) is 3.95. The molecule has 25 heavy (non-hydrogen) atoms. The summed E-state index contributed by atoms with van der Waals surface area (Å²) in [5.74, 6) is 1.40. The van der Waals surface area contributed by atoms with Crippen molar-refractivity contribution in [2.75, 3.05) is 11.9 Å². The van der Waals surface area contributed by atoms with Crippen molar-refractivity contribution in [1.82, 2.24) is 9.38 Å². The monoisotopic (exact) mass is 357 g/mol. The van der Waals surface area contributed by atoms with E-state index in [1.807, 2.05) is 53.9 Å². The van der Waals surface area contributed by atoms with E-state index in [4.69, 9.17) is 16.3 Å². The topological polar surface area (TPSA) is 46.8 Å². The first kappa shape index (κ1) is 17.3. The van der Waals surface area contributed by atoms with E-state index < -0.39 is 0 Å². The number of hydrogen-bond acceptors (Lipinski definition) is 3. The molecule has 3 rings (SSSR count). The van der Waals surface area contributed by atoms with Crippen LogP contribution in [0.2, 0.25) is 5.02 Å². The summed E-state index contributed by atoms with van der Waals surface area (Å²) in [5.41, 5.74) is 2.54. The molecular formula is C19H20ClN3O2. The summed E-state index contributed by atoms with van der Waals surface area (Å²) in [7, 11) is 1.75. The molecule has 0 spiro atoms. The van der Waals surface area contributed by atoms with Crippen LogP contribution in [0.3, 0.4) is 0 Å². The Morgan fingerprint density at radius 2 is 2.12 bits per heavy atom. The molecule has 0 radical (unpaired) electrons. The Kier molecular flexibility index (Phi) is 4.95. The number of nitrogens with zero attached hydrogens (tertiary/aromatic N) is 3. The lowest BCUT2D eigenvalue weighted by Gasteiger charge is -2.16. The van der Waals surface area contributed by atoms with Crippen molar-refractivity contribution in [2.45, 2.75) is 26.9 Å². The summed E-state index contributed by atoms with van der Waals surface area (Å²) in [4.78, 5) is 18.1. The molecule has 2 aromatic heterocycles. The predicted octanol–water partition coefficient (Wildman–Crippen LogP) is 4.11. The standard InChI is InChI=1S/C19H20ClN3O2/c1-4-16-19(22(3)13(2)24)23-10-6-9-17(18(23)21-16)25-12-14-7-5-8-15(20)11-14/h5-11H,4,12H2,1-3H3. The van der Waals surface area contributed by atoms with E-state index in [0.29, 0.717) is 23.0 Å². The van der Waals surface area contributed by atoms with Gasteiger partial charge in [0.25, 0.3) is 0 Å². The van der Waals surface area contributed by atoms with Gasteiger partial charge in [0.1, 0.15) is 12.4 Å². The number of hydrogen-bond donors (Lipinski definition) is 0. The van der Waals surface area contributed by atoms with Crippen molar-refractivity contribution in [3.05, 3.63) is 58.9 Å². The van der Waals surface area contributed by atoms with E-state index in [2.05, 4.69) is 4.98 Å². The van der Waals surface area contributed by atoms with Crippen molar-refractivity contribution in [1.29, 1.82) is 0 Å². The molecule has 0 aliphatic rings. The van der Waals surface area contributed by atoms with Crippen molar-refractivity contribution in [2.24, 2.45) is 0 Å². The number of benzene rings is 1. The SMILES string of the molecule is CCc1nc2c(OCc3cccc(Cl)c3)cccn2c1N(C)C(C)=O. The van der Waals surface area contributed by atoms with Gasteiger partial charge in [-0.2, -0.15) is 0 Å². The summed E-state index contributed by atoms with van der Waals surface area (Å²) < 4.78 is 7.86. The van der Waals surface area contributed by atoms with Gasteiger partial charge < -0.3 is 4.74 Å². The van der Waals surface area contributed by atoms with Crippen molar-refractivity contribution >= 4 is 29.0 Å². The number of fused-ring (bicyclic) bond motifs is 1. The highest BCUT2D eigenvalue weighted by molar-refractivity contribution is 6.30. The van der Waals surface area contributed by atoms with E-state index in [1.165, 1.54) is 0 Å². The molecule has 6 heteroatoms. The van der Waals surface area contributed by atoms with Crippen LogP contribution in [0, 0.1) is 0 Å². The van der Waals surface area contributed by atoms with Crippen molar-refractivity contribution in [3.8, 4) is 5.75 Å². The molecule has 0 N–H and O–H groups in total. The second kappa shape index (κ2) is 7.15. The molecule has 3 aromatic rings. The molecule has 5 nitrogen and oxygen atoms in total. The Morgan fingerprint density at radius 3 is 2.80 bits per heavy atom. The van der Waals surface area contributed by atoms with Gasteiger partial charge in [-0.15, -0.1) is 0 Å². The predicted molar refractivity (Wildman–Crippen MR) is 99.4 cm³/mol. The molecule has 0 saturated heterocycles. The van der Waals surface area contributed by atoms with Crippen LogP contribution in [0.5, 0.6) is 5.75 Å². The zero-order chi connectivity index (χ0) is 18.0. The fraction of sp³-hybridized carbons (Fsp3) is 0.263. The molecular weight excluding hydrogens is 338 g/mol. The number of halogens is 1. The zero-order valence-electron chi connectivity index (χ0n) is 14.5. The second-order valence-electron chi connectivity index (χ2n) is 5.80. The first-order valence-corrected chi connectivity index (χ1v) is 8.50. The Balaban J connectivity index is 1.98. The normalized spacial score (nSPS) is 10.9. The molecule has 2 heterocycles. The number of carbonyl (C=O) groups excluding carboxylic acids is 1. The highest BCUT2D eigenvalue weighted by Gasteiger charge is 2.19. The maximum absolute atomic E-state index is 11.8. The number of amides is 1. The highest BCUT2D eigenvalue weighted by Crippen LogP contribution is 2.28. The van der Waals surface area contributed by atoms with Gasteiger partial charge in [-0.25, -0.2) is 4.98 Å². The van der Waals surface area contributed by atoms with Crippen molar-refractivity contribution in [3.63, 3.8) is 0 Å². The smallest absolute Gasteiger partial charge is 0.224 e. The largest absolute Gasteiger partial charge is 0.485 e. The van der Waals surface area contributed by atoms with Gasteiger partial charge >= 0.3 is 0 Å². The number of ether oxygens (including phenoxy) is 1. The molecule has 1 amide bonds. The Hall–Kier alpha value is -2.53. The molecule has 0 atom stereocenters. The van der Waals surface area contributed by atoms with Gasteiger partial charge in [-0.05, 0) is 36.2 Å². The molecule has 0 unspecified atom stereocenters. The fourth-order valence-corrected chi connectivity index (χ4v) is 2.93. The van der Waals surface area contributed by atoms with E-state index in [1.54, 1.807) is 18.9 Å². The third-order valence-electron chi connectivity index (χ3n) is 4.07. The van der Waals surface area contributed by atoms with E-state index in [0.717, 1.165) is 23.5 Å². The van der Waals surface area contributed by atoms with Gasteiger partial charge in [0.15, 0.2) is 11.4 Å². The van der Waals surface area contributed by atoms with Crippen molar-refractivity contribution < 1.29 is 9.53 Å². The third kappa shape index (κ3) is 3.46. The lowest BCUT2D eigenvalue weighted by molar-refractivity contribution is -0.116. The molecule has 0 aliphatic carbocycles. The van der Waals surface area contributed by atoms with E-state index in [9.17, 15) is 4.79 Å². The summed E-state index contributed by atoms with van der Waals surface area (Å²) in [5, 5.41) is 0.679. The van der Waals surface area contributed by atoms with Gasteiger partial charge in [0.05, 0.1) is 5.69 Å². The van der Waals surface area contributed by atoms with Gasteiger partial charge in [-0.3, -0.25) is 14.1 Å². The number of carbonyl (C=O) groups is 1. The van der Waals surface area contributed by atoms with E-state index >= 15 is 0 Å². The Morgan fingerprint density at radius 1 is 1.32 bits per heavy atom. The van der Waals surface area contributed by atoms with Gasteiger partial charge in [0.2, 0.25) is 5.91 Å². The Labute approximate surface area is 151 Å². The quantitative estimate of drug-likeness (QED) is 0.690. The average molecular weight is 358 g/mol. The van der Waals surface area contributed by atoms with Crippen LogP contribution < -0.4 is 9.64 Å². The van der Waals surface area contributed by atoms with Gasteiger partial charge in [0, 0.05) is 25.2 Å².